The van der Waals surface area contributed by atoms with E-state index in [4.69, 9.17) is 9.11 Å². The van der Waals surface area contributed by atoms with Gasteiger partial charge in [-0.3, -0.25) is 23.8 Å². The Morgan fingerprint density at radius 1 is 1.00 bits per heavy atom. The molecule has 8 nitrogen and oxygen atoms in total. The summed E-state index contributed by atoms with van der Waals surface area (Å²) in [6, 6.07) is 8.42. The van der Waals surface area contributed by atoms with Crippen molar-refractivity contribution in [2.45, 2.75) is 58.3 Å². The van der Waals surface area contributed by atoms with Gasteiger partial charge in [0.05, 0.1) is 49.3 Å². The Hall–Kier alpha value is -2.52. The summed E-state index contributed by atoms with van der Waals surface area (Å²) in [7, 11) is 0. The van der Waals surface area contributed by atoms with Crippen molar-refractivity contribution in [3.05, 3.63) is 24.3 Å². The van der Waals surface area contributed by atoms with Crippen LogP contribution in [0.3, 0.4) is 0 Å². The minimum Gasteiger partial charge on any atom is -0.415 e. The van der Waals surface area contributed by atoms with Crippen LogP contribution < -0.4 is 4.90 Å². The third-order valence-electron chi connectivity index (χ3n) is 11.3. The van der Waals surface area contributed by atoms with Crippen LogP contribution in [0.15, 0.2) is 24.3 Å². The average molecular weight is 580 g/mol. The van der Waals surface area contributed by atoms with Crippen LogP contribution in [-0.4, -0.2) is 77.5 Å². The summed E-state index contributed by atoms with van der Waals surface area (Å²) >= 11 is 1.55. The van der Waals surface area contributed by atoms with Crippen molar-refractivity contribution >= 4 is 45.2 Å². The standard InChI is InChI=1S/C32H43N4O4S/c1-2-27(37)40-20-36(15-13-34(14-16-36)30-25-9-5-6-10-26(25)41-33-30)19-24-8-4-3-7-23(24)18-35-31(38)28-21-11-12-22(17-21)29(28)32(35)39/h5-6,9-10,21-24,28-29H,2-4,7-8,11-20H2,1H3/q+1. The van der Waals surface area contributed by atoms with Crippen molar-refractivity contribution in [2.24, 2.45) is 35.5 Å². The molecule has 6 unspecified atom stereocenters. The maximum atomic E-state index is 13.5. The van der Waals surface area contributed by atoms with Crippen molar-refractivity contribution in [3.63, 3.8) is 0 Å². The zero-order valence-electron chi connectivity index (χ0n) is 24.2. The summed E-state index contributed by atoms with van der Waals surface area (Å²) in [4.78, 5) is 43.4. The molecule has 3 heterocycles. The summed E-state index contributed by atoms with van der Waals surface area (Å²) < 4.78 is 12.6. The second-order valence-electron chi connectivity index (χ2n) is 13.4. The van der Waals surface area contributed by atoms with Gasteiger partial charge in [-0.15, -0.1) is 0 Å². The maximum Gasteiger partial charge on any atom is 0.309 e. The molecule has 2 saturated heterocycles. The first-order valence-electron chi connectivity index (χ1n) is 15.9. The predicted octanol–water partition coefficient (Wildman–Crippen LogP) is 4.68. The normalized spacial score (nSPS) is 32.6. The van der Waals surface area contributed by atoms with E-state index in [-0.39, 0.29) is 29.6 Å². The summed E-state index contributed by atoms with van der Waals surface area (Å²) in [5, 5.41) is 1.21. The van der Waals surface area contributed by atoms with Crippen LogP contribution in [0.25, 0.3) is 10.1 Å². The summed E-state index contributed by atoms with van der Waals surface area (Å²) in [5.41, 5.74) is 0. The van der Waals surface area contributed by atoms with E-state index in [9.17, 15) is 14.4 Å². The number of piperazine rings is 1. The molecule has 6 atom stereocenters. The minimum atomic E-state index is -0.148. The molecule has 1 aromatic heterocycles. The van der Waals surface area contributed by atoms with Crippen LogP contribution >= 0.6 is 11.5 Å². The molecule has 1 aromatic carbocycles. The third-order valence-corrected chi connectivity index (χ3v) is 12.1. The Morgan fingerprint density at radius 2 is 1.68 bits per heavy atom. The molecule has 3 saturated carbocycles. The number of fused-ring (bicyclic) bond motifs is 6. The molecular formula is C32H43N4O4S+. The van der Waals surface area contributed by atoms with Crippen LogP contribution in [0.5, 0.6) is 0 Å². The number of benzene rings is 1. The van der Waals surface area contributed by atoms with Gasteiger partial charge in [0, 0.05) is 24.3 Å². The summed E-state index contributed by atoms with van der Waals surface area (Å²) in [6.45, 7) is 7.27. The highest BCUT2D eigenvalue weighted by Gasteiger charge is 2.61. The lowest BCUT2D eigenvalue weighted by molar-refractivity contribution is -0.947. The van der Waals surface area contributed by atoms with Crippen LogP contribution in [0.1, 0.15) is 58.3 Å². The first-order chi connectivity index (χ1) is 20.0. The van der Waals surface area contributed by atoms with Crippen LogP contribution in [0.4, 0.5) is 5.82 Å². The van der Waals surface area contributed by atoms with Crippen LogP contribution in [-0.2, 0) is 19.1 Å². The van der Waals surface area contributed by atoms with Gasteiger partial charge in [0.2, 0.25) is 18.5 Å². The molecule has 0 N–H and O–H groups in total. The number of rotatable bonds is 8. The zero-order chi connectivity index (χ0) is 28.1. The fourth-order valence-electron chi connectivity index (χ4n) is 9.02. The summed E-state index contributed by atoms with van der Waals surface area (Å²) in [6.07, 6.45) is 8.22. The lowest BCUT2D eigenvalue weighted by Gasteiger charge is -2.47. The monoisotopic (exact) mass is 579 g/mol. The zero-order valence-corrected chi connectivity index (χ0v) is 25.0. The fourth-order valence-corrected chi connectivity index (χ4v) is 9.82. The molecule has 9 heteroatoms. The largest absolute Gasteiger partial charge is 0.415 e. The lowest BCUT2D eigenvalue weighted by Crippen LogP contribution is -2.63. The Morgan fingerprint density at radius 3 is 2.39 bits per heavy atom. The molecule has 0 radical (unpaired) electrons. The van der Waals surface area contributed by atoms with E-state index in [1.54, 1.807) is 16.4 Å². The topological polar surface area (TPSA) is 79.8 Å². The van der Waals surface area contributed by atoms with Gasteiger partial charge in [-0.05, 0) is 73.5 Å². The van der Waals surface area contributed by atoms with Gasteiger partial charge in [-0.25, -0.2) is 0 Å². The number of ether oxygens (including phenoxy) is 1. The van der Waals surface area contributed by atoms with E-state index in [0.29, 0.717) is 43.4 Å². The van der Waals surface area contributed by atoms with E-state index in [1.807, 2.05) is 6.92 Å². The minimum absolute atomic E-state index is 0.0370. The molecule has 3 aliphatic carbocycles. The number of carbonyl (C=O) groups is 3. The number of hydrogen-bond donors (Lipinski definition) is 0. The Labute approximate surface area is 246 Å². The van der Waals surface area contributed by atoms with Crippen LogP contribution in [0.2, 0.25) is 0 Å². The molecular weight excluding hydrogens is 536 g/mol. The van der Waals surface area contributed by atoms with Gasteiger partial charge in [0.25, 0.3) is 0 Å². The fraction of sp³-hybridized carbons (Fsp3) is 0.688. The van der Waals surface area contributed by atoms with E-state index < -0.39 is 0 Å². The number of carbonyl (C=O) groups excluding carboxylic acids is 3. The SMILES string of the molecule is CCC(=O)OC[N+]1(CC2CCCCC2CN2C(=O)C3C4CCC(C4)C3C2=O)CCN(c2nsc3ccccc23)CC1. The van der Waals surface area contributed by atoms with E-state index >= 15 is 0 Å². The Bertz CT molecular complexity index is 1290. The number of imide groups is 1. The molecule has 220 valence electrons. The molecule has 2 amide bonds. The highest BCUT2D eigenvalue weighted by molar-refractivity contribution is 7.13. The van der Waals surface area contributed by atoms with Crippen molar-refractivity contribution in [1.29, 1.82) is 0 Å². The smallest absolute Gasteiger partial charge is 0.309 e. The van der Waals surface area contributed by atoms with Crippen molar-refractivity contribution in [1.82, 2.24) is 9.27 Å². The quantitative estimate of drug-likeness (QED) is 0.257. The van der Waals surface area contributed by atoms with Crippen LogP contribution in [0, 0.1) is 35.5 Å². The second-order valence-corrected chi connectivity index (χ2v) is 14.2. The molecule has 2 aromatic rings. The second kappa shape index (κ2) is 11.0. The number of nitrogens with zero attached hydrogens (tertiary/aromatic N) is 4. The number of aromatic nitrogens is 1. The highest BCUT2D eigenvalue weighted by atomic mass is 32.1. The lowest BCUT2D eigenvalue weighted by atomic mass is 9.78. The molecule has 41 heavy (non-hydrogen) atoms. The van der Waals surface area contributed by atoms with Crippen molar-refractivity contribution in [2.75, 3.05) is 50.9 Å². The van der Waals surface area contributed by atoms with Gasteiger partial charge in [-0.1, -0.05) is 31.9 Å². The first-order valence-corrected chi connectivity index (χ1v) is 16.7. The number of likely N-dealkylation sites (tertiary alicyclic amines) is 1. The number of esters is 1. The molecule has 2 bridgehead atoms. The van der Waals surface area contributed by atoms with Gasteiger partial charge < -0.3 is 9.64 Å². The van der Waals surface area contributed by atoms with E-state index in [1.165, 1.54) is 16.5 Å². The first kappa shape index (κ1) is 27.3. The molecule has 2 aliphatic heterocycles. The third kappa shape index (κ3) is 4.86. The average Bonchev–Trinajstić information content (AvgIpc) is 3.78. The molecule has 7 rings (SSSR count). The number of quaternary nitrogens is 1. The van der Waals surface area contributed by atoms with Gasteiger partial charge in [0.15, 0.2) is 5.82 Å². The number of anilines is 1. The van der Waals surface area contributed by atoms with Gasteiger partial charge in [-0.2, -0.15) is 4.37 Å². The van der Waals surface area contributed by atoms with Gasteiger partial charge in [0.1, 0.15) is 0 Å². The van der Waals surface area contributed by atoms with Crippen molar-refractivity contribution < 1.29 is 23.6 Å². The number of hydrogen-bond acceptors (Lipinski definition) is 7. The molecule has 0 spiro atoms. The Balaban J connectivity index is 1.07. The summed E-state index contributed by atoms with van der Waals surface area (Å²) in [5.74, 6) is 2.69. The number of amides is 2. The van der Waals surface area contributed by atoms with E-state index in [0.717, 1.165) is 81.5 Å². The Kier molecular flexibility index (Phi) is 7.30. The van der Waals surface area contributed by atoms with Gasteiger partial charge >= 0.3 is 5.97 Å². The highest BCUT2D eigenvalue weighted by Crippen LogP contribution is 2.56. The molecule has 5 aliphatic rings. The molecule has 5 fully saturated rings. The predicted molar refractivity (Wildman–Crippen MR) is 158 cm³/mol. The van der Waals surface area contributed by atoms with Crippen molar-refractivity contribution in [3.8, 4) is 0 Å². The van der Waals surface area contributed by atoms with E-state index in [2.05, 4.69) is 29.2 Å². The maximum absolute atomic E-state index is 13.5.